The van der Waals surface area contributed by atoms with E-state index in [2.05, 4.69) is 11.0 Å². The summed E-state index contributed by atoms with van der Waals surface area (Å²) in [5, 5.41) is 23.7. The first kappa shape index (κ1) is 22.9. The molecule has 3 heterocycles. The number of hydrogen-bond acceptors (Lipinski definition) is 6. The van der Waals surface area contributed by atoms with Gasteiger partial charge in [0, 0.05) is 49.8 Å². The number of carbonyl (C=O) groups excluding carboxylic acids is 1. The number of fused-ring (bicyclic) bond motifs is 1. The number of nitrogens with zero attached hydrogens (tertiary/aromatic N) is 2. The minimum absolute atomic E-state index is 0.0757. The van der Waals surface area contributed by atoms with Crippen molar-refractivity contribution in [3.05, 3.63) is 34.9 Å². The highest BCUT2D eigenvalue weighted by Crippen LogP contribution is 2.72. The molecule has 1 amide bonds. The van der Waals surface area contributed by atoms with Gasteiger partial charge in [0.15, 0.2) is 11.5 Å². The first-order valence-corrected chi connectivity index (χ1v) is 14.4. The molecular weight excluding hydrogens is 468 g/mol. The van der Waals surface area contributed by atoms with Crippen LogP contribution >= 0.6 is 0 Å². The van der Waals surface area contributed by atoms with Crippen molar-refractivity contribution in [2.24, 2.45) is 11.3 Å². The van der Waals surface area contributed by atoms with Crippen LogP contribution in [0.4, 0.5) is 0 Å². The normalized spacial score (nSPS) is 42.6. The average molecular weight is 507 g/mol. The summed E-state index contributed by atoms with van der Waals surface area (Å²) in [7, 11) is 1.71. The molecule has 0 radical (unpaired) electrons. The van der Waals surface area contributed by atoms with Crippen molar-refractivity contribution in [3.63, 3.8) is 0 Å². The minimum Gasteiger partial charge on any atom is -0.504 e. The number of hydrogen-bond donors (Lipinski definition) is 2. The maximum Gasteiger partial charge on any atom is 0.246 e. The number of benzene rings is 1. The number of amides is 1. The van der Waals surface area contributed by atoms with Gasteiger partial charge in [0.05, 0.1) is 17.1 Å². The maximum atomic E-state index is 13.3. The Labute approximate surface area is 218 Å². The molecule has 2 spiro atoms. The van der Waals surface area contributed by atoms with Crippen molar-refractivity contribution in [2.75, 3.05) is 33.3 Å². The molecule has 2 N–H and O–H groups in total. The number of phenols is 1. The largest absolute Gasteiger partial charge is 0.504 e. The summed E-state index contributed by atoms with van der Waals surface area (Å²) in [5.74, 6) is 1.63. The van der Waals surface area contributed by atoms with Crippen molar-refractivity contribution >= 4 is 5.91 Å². The van der Waals surface area contributed by atoms with Crippen molar-refractivity contribution in [1.29, 1.82) is 0 Å². The molecular formula is C30H38N2O5. The second kappa shape index (κ2) is 7.51. The molecule has 1 aromatic carbocycles. The molecule has 6 atom stereocenters. The average Bonchev–Trinajstić information content (AvgIpc) is 3.43. The number of aliphatic hydroxyl groups is 1. The zero-order chi connectivity index (χ0) is 25.2. The molecule has 3 aliphatic heterocycles. The zero-order valence-corrected chi connectivity index (χ0v) is 21.7. The van der Waals surface area contributed by atoms with E-state index < -0.39 is 11.0 Å². The van der Waals surface area contributed by atoms with Gasteiger partial charge in [-0.25, -0.2) is 0 Å². The molecule has 198 valence electrons. The molecule has 2 saturated heterocycles. The van der Waals surface area contributed by atoms with Gasteiger partial charge < -0.3 is 24.6 Å². The number of rotatable bonds is 4. The van der Waals surface area contributed by atoms with Gasteiger partial charge in [-0.15, -0.1) is 0 Å². The fourth-order valence-corrected chi connectivity index (χ4v) is 9.36. The van der Waals surface area contributed by atoms with Gasteiger partial charge in [0.1, 0.15) is 6.10 Å². The zero-order valence-electron chi connectivity index (χ0n) is 21.7. The number of carbonyl (C=O) groups is 1. The third-order valence-electron chi connectivity index (χ3n) is 11.5. The van der Waals surface area contributed by atoms with Gasteiger partial charge in [-0.05, 0) is 81.9 Å². The molecule has 7 aliphatic rings. The Balaban J connectivity index is 1.20. The van der Waals surface area contributed by atoms with Gasteiger partial charge >= 0.3 is 0 Å². The minimum atomic E-state index is -0.882. The fourth-order valence-electron chi connectivity index (χ4n) is 9.36. The molecule has 0 aromatic heterocycles. The van der Waals surface area contributed by atoms with E-state index in [0.717, 1.165) is 69.6 Å². The van der Waals surface area contributed by atoms with Crippen LogP contribution in [0.3, 0.4) is 0 Å². The molecule has 4 aliphatic carbocycles. The number of piperidine rings is 1. The lowest BCUT2D eigenvalue weighted by Crippen LogP contribution is -2.78. The number of phenolic OH excluding ortho intramolecular Hbond substituents is 1. The Morgan fingerprint density at radius 1 is 1.19 bits per heavy atom. The van der Waals surface area contributed by atoms with Crippen molar-refractivity contribution in [1.82, 2.24) is 9.80 Å². The third kappa shape index (κ3) is 2.81. The lowest BCUT2D eigenvalue weighted by Gasteiger charge is -2.68. The summed E-state index contributed by atoms with van der Waals surface area (Å²) in [4.78, 5) is 17.8. The summed E-state index contributed by atoms with van der Waals surface area (Å²) in [6.45, 7) is 3.42. The first-order valence-electron chi connectivity index (χ1n) is 14.4. The summed E-state index contributed by atoms with van der Waals surface area (Å²) in [6.07, 6.45) is 10.3. The van der Waals surface area contributed by atoms with E-state index >= 15 is 0 Å². The van der Waals surface area contributed by atoms with Crippen LogP contribution in [0.1, 0.15) is 62.5 Å². The standard InChI is InChI=1S/C30H38N2O5/c1-36-21-7-12-32(17-21)24(34)15-20-6-8-28(20)9-10-30(35)23-14-19-4-5-22(33)26-25(19)29(30,27(28)37-26)11-13-31(23)16-18-2-3-18/h4-5,15,18,21,23,27,33,35H,2-3,6-14,16-17H2,1H3/b20-15+/t21?,23-,27+,28+,29+,30-/m1/s1. The highest BCUT2D eigenvalue weighted by molar-refractivity contribution is 5.89. The first-order chi connectivity index (χ1) is 17.9. The third-order valence-corrected chi connectivity index (χ3v) is 11.5. The van der Waals surface area contributed by atoms with Crippen LogP contribution in [-0.4, -0.2) is 83.1 Å². The van der Waals surface area contributed by atoms with E-state index in [-0.39, 0.29) is 35.3 Å². The van der Waals surface area contributed by atoms with Crippen molar-refractivity contribution in [3.8, 4) is 11.5 Å². The molecule has 7 heteroatoms. The number of ether oxygens (including phenoxy) is 2. The summed E-state index contributed by atoms with van der Waals surface area (Å²) >= 11 is 0. The van der Waals surface area contributed by atoms with Gasteiger partial charge in [0.2, 0.25) is 5.91 Å². The predicted octanol–water partition coefficient (Wildman–Crippen LogP) is 2.91. The van der Waals surface area contributed by atoms with Crippen LogP contribution in [0.2, 0.25) is 0 Å². The summed E-state index contributed by atoms with van der Waals surface area (Å²) in [6, 6.07) is 3.93. The van der Waals surface area contributed by atoms with Gasteiger partial charge in [0.25, 0.3) is 0 Å². The lowest BCUT2D eigenvalue weighted by molar-refractivity contribution is -0.218. The Bertz CT molecular complexity index is 1210. The Morgan fingerprint density at radius 2 is 2.05 bits per heavy atom. The van der Waals surface area contributed by atoms with E-state index in [1.54, 1.807) is 13.2 Å². The van der Waals surface area contributed by atoms with E-state index in [9.17, 15) is 15.0 Å². The molecule has 3 saturated carbocycles. The van der Waals surface area contributed by atoms with E-state index in [1.807, 2.05) is 11.0 Å². The predicted molar refractivity (Wildman–Crippen MR) is 137 cm³/mol. The quantitative estimate of drug-likeness (QED) is 0.612. The lowest BCUT2D eigenvalue weighted by atomic mass is 9.40. The Kier molecular flexibility index (Phi) is 4.64. The SMILES string of the molecule is COC1CCN(C(=O)/C=C2\CC[C@]23CC[C@@]2(O)[C@H]4Cc5ccc(O)c6c5[C@@]2(CCN4CC2CC2)[C@H]3O6)C1. The summed E-state index contributed by atoms with van der Waals surface area (Å²) in [5.41, 5.74) is 1.80. The highest BCUT2D eigenvalue weighted by atomic mass is 16.5. The maximum absolute atomic E-state index is 13.3. The molecule has 37 heavy (non-hydrogen) atoms. The second-order valence-corrected chi connectivity index (χ2v) is 13.0. The highest BCUT2D eigenvalue weighted by Gasteiger charge is 2.77. The molecule has 1 aromatic rings. The van der Waals surface area contributed by atoms with E-state index in [1.165, 1.54) is 24.0 Å². The van der Waals surface area contributed by atoms with Gasteiger partial charge in [-0.3, -0.25) is 9.69 Å². The number of aromatic hydroxyl groups is 1. The molecule has 7 nitrogen and oxygen atoms in total. The molecule has 1 unspecified atom stereocenters. The molecule has 8 rings (SSSR count). The Hall–Kier alpha value is -2.09. The van der Waals surface area contributed by atoms with Gasteiger partial charge in [-0.2, -0.15) is 0 Å². The second-order valence-electron chi connectivity index (χ2n) is 13.0. The molecule has 5 fully saturated rings. The smallest absolute Gasteiger partial charge is 0.246 e. The number of methoxy groups -OCH3 is 1. The van der Waals surface area contributed by atoms with E-state index in [0.29, 0.717) is 18.7 Å². The van der Waals surface area contributed by atoms with Crippen LogP contribution < -0.4 is 4.74 Å². The fraction of sp³-hybridized carbons (Fsp3) is 0.700. The van der Waals surface area contributed by atoms with Crippen molar-refractivity contribution in [2.45, 2.75) is 87.1 Å². The summed E-state index contributed by atoms with van der Waals surface area (Å²) < 4.78 is 12.3. The van der Waals surface area contributed by atoms with Crippen molar-refractivity contribution < 1.29 is 24.5 Å². The number of likely N-dealkylation sites (tertiary alicyclic amines) is 2. The van der Waals surface area contributed by atoms with Crippen LogP contribution in [0.15, 0.2) is 23.8 Å². The molecule has 2 bridgehead atoms. The van der Waals surface area contributed by atoms with Gasteiger partial charge in [-0.1, -0.05) is 11.6 Å². The van der Waals surface area contributed by atoms with Crippen LogP contribution in [0, 0.1) is 11.3 Å². The van der Waals surface area contributed by atoms with Crippen LogP contribution in [0.5, 0.6) is 11.5 Å². The van der Waals surface area contributed by atoms with Crippen LogP contribution in [-0.2, 0) is 21.4 Å². The Morgan fingerprint density at radius 3 is 2.78 bits per heavy atom. The topological polar surface area (TPSA) is 82.5 Å². The monoisotopic (exact) mass is 506 g/mol. The van der Waals surface area contributed by atoms with Crippen LogP contribution in [0.25, 0.3) is 0 Å². The van der Waals surface area contributed by atoms with E-state index in [4.69, 9.17) is 9.47 Å².